The van der Waals surface area contributed by atoms with Gasteiger partial charge in [-0.25, -0.2) is 9.38 Å². The largest absolute Gasteiger partial charge is 0.374 e. The Balaban J connectivity index is 1.50. The van der Waals surface area contributed by atoms with Gasteiger partial charge in [0.25, 0.3) is 0 Å². The van der Waals surface area contributed by atoms with Crippen molar-refractivity contribution >= 4 is 17.6 Å². The van der Waals surface area contributed by atoms with Gasteiger partial charge in [-0.15, -0.1) is 0 Å². The minimum absolute atomic E-state index is 0.253. The summed E-state index contributed by atoms with van der Waals surface area (Å²) in [6.45, 7) is 5.04. The molecule has 3 fully saturated rings. The van der Waals surface area contributed by atoms with Crippen LogP contribution in [0.1, 0.15) is 25.3 Å². The lowest BCUT2D eigenvalue weighted by atomic mass is 9.82. The fourth-order valence-electron chi connectivity index (χ4n) is 4.40. The number of aliphatic imine (C=N–C) groups is 1. The lowest BCUT2D eigenvalue weighted by molar-refractivity contribution is 0.0767. The lowest BCUT2D eigenvalue weighted by Gasteiger charge is -2.23. The van der Waals surface area contributed by atoms with E-state index in [9.17, 15) is 4.39 Å². The molecule has 0 aliphatic carbocycles. The second-order valence-corrected chi connectivity index (χ2v) is 7.30. The fraction of sp³-hybridized carbons (Fsp3) is 0.611. The molecule has 3 aliphatic heterocycles. The van der Waals surface area contributed by atoms with Gasteiger partial charge in [0, 0.05) is 42.1 Å². The monoisotopic (exact) mass is 351 g/mol. The summed E-state index contributed by atoms with van der Waals surface area (Å²) in [6.07, 6.45) is 3.24. The number of ether oxygens (including phenoxy) is 1. The first-order valence-corrected chi connectivity index (χ1v) is 9.16. The third kappa shape index (κ3) is 2.78. The Bertz CT molecular complexity index is 615. The predicted molar refractivity (Wildman–Crippen MR) is 92.7 cm³/mol. The quantitative estimate of drug-likeness (QED) is 0.671. The van der Waals surface area contributed by atoms with Gasteiger partial charge in [0.2, 0.25) is 0 Å². The van der Waals surface area contributed by atoms with Gasteiger partial charge in [-0.05, 0) is 31.9 Å². The van der Waals surface area contributed by atoms with E-state index in [-0.39, 0.29) is 12.4 Å². The molecule has 2 bridgehead atoms. The third-order valence-electron chi connectivity index (χ3n) is 5.54. The van der Waals surface area contributed by atoms with E-state index in [0.717, 1.165) is 25.6 Å². The number of hydrogen-bond donors (Lipinski definition) is 1. The Labute approximate surface area is 147 Å². The number of likely N-dealkylation sites (tertiary alicyclic amines) is 1. The Kier molecular flexibility index (Phi) is 4.39. The summed E-state index contributed by atoms with van der Waals surface area (Å²) in [5.74, 6) is 1.78. The topological polar surface area (TPSA) is 36.9 Å². The van der Waals surface area contributed by atoms with E-state index in [4.69, 9.17) is 16.3 Å². The zero-order valence-corrected chi connectivity index (χ0v) is 14.6. The SMILES string of the molecule is CCNC(=NCc1c(F)cccc1Cl)N1CC2C3CCC(O3)C2C1. The molecular weight excluding hydrogens is 329 g/mol. The van der Waals surface area contributed by atoms with Crippen molar-refractivity contribution in [3.63, 3.8) is 0 Å². The molecule has 0 radical (unpaired) electrons. The number of halogens is 2. The Morgan fingerprint density at radius 2 is 2.04 bits per heavy atom. The van der Waals surface area contributed by atoms with Gasteiger partial charge >= 0.3 is 0 Å². The van der Waals surface area contributed by atoms with Gasteiger partial charge in [0.05, 0.1) is 18.8 Å². The lowest BCUT2D eigenvalue weighted by Crippen LogP contribution is -2.41. The van der Waals surface area contributed by atoms with Gasteiger partial charge in [-0.1, -0.05) is 17.7 Å². The summed E-state index contributed by atoms with van der Waals surface area (Å²) in [4.78, 5) is 6.96. The highest BCUT2D eigenvalue weighted by Gasteiger charge is 2.53. The average molecular weight is 352 g/mol. The van der Waals surface area contributed by atoms with Crippen LogP contribution in [0.2, 0.25) is 5.02 Å². The number of nitrogens with zero attached hydrogens (tertiary/aromatic N) is 2. The van der Waals surface area contributed by atoms with Crippen molar-refractivity contribution in [2.75, 3.05) is 19.6 Å². The summed E-state index contributed by atoms with van der Waals surface area (Å²) >= 11 is 6.11. The van der Waals surface area contributed by atoms with Crippen LogP contribution >= 0.6 is 11.6 Å². The van der Waals surface area contributed by atoms with Gasteiger partial charge < -0.3 is 15.0 Å². The van der Waals surface area contributed by atoms with E-state index in [1.807, 2.05) is 0 Å². The maximum Gasteiger partial charge on any atom is 0.194 e. The summed E-state index contributed by atoms with van der Waals surface area (Å²) in [7, 11) is 0. The molecule has 4 rings (SSSR count). The first kappa shape index (κ1) is 16.2. The van der Waals surface area contributed by atoms with E-state index in [2.05, 4.69) is 22.1 Å². The van der Waals surface area contributed by atoms with Crippen LogP contribution in [0.4, 0.5) is 4.39 Å². The number of benzene rings is 1. The molecule has 4 nitrogen and oxygen atoms in total. The number of hydrogen-bond acceptors (Lipinski definition) is 2. The summed E-state index contributed by atoms with van der Waals surface area (Å²) in [5, 5.41) is 3.77. The predicted octanol–water partition coefficient (Wildman–Crippen LogP) is 3.05. The van der Waals surface area contributed by atoms with Gasteiger partial charge in [-0.2, -0.15) is 0 Å². The van der Waals surface area contributed by atoms with Crippen molar-refractivity contribution in [2.45, 2.75) is 38.5 Å². The molecule has 0 aromatic heterocycles. The minimum atomic E-state index is -0.299. The smallest absolute Gasteiger partial charge is 0.194 e. The number of nitrogens with one attached hydrogen (secondary N) is 1. The maximum atomic E-state index is 14.0. The van der Waals surface area contributed by atoms with E-state index in [0.29, 0.717) is 34.6 Å². The summed E-state index contributed by atoms with van der Waals surface area (Å²) in [5.41, 5.74) is 0.456. The van der Waals surface area contributed by atoms with Crippen LogP contribution in [0.3, 0.4) is 0 Å². The zero-order chi connectivity index (χ0) is 16.7. The van der Waals surface area contributed by atoms with Gasteiger partial charge in [0.1, 0.15) is 5.82 Å². The van der Waals surface area contributed by atoms with Gasteiger partial charge in [-0.3, -0.25) is 0 Å². The second-order valence-electron chi connectivity index (χ2n) is 6.89. The van der Waals surface area contributed by atoms with E-state index >= 15 is 0 Å². The third-order valence-corrected chi connectivity index (χ3v) is 5.89. The molecule has 0 spiro atoms. The molecule has 4 atom stereocenters. The molecule has 1 N–H and O–H groups in total. The van der Waals surface area contributed by atoms with Crippen LogP contribution in [-0.2, 0) is 11.3 Å². The maximum absolute atomic E-state index is 14.0. The van der Waals surface area contributed by atoms with Crippen LogP contribution in [0, 0.1) is 17.7 Å². The van der Waals surface area contributed by atoms with Crippen LogP contribution < -0.4 is 5.32 Å². The average Bonchev–Trinajstić information content (AvgIpc) is 3.26. The second kappa shape index (κ2) is 6.52. The van der Waals surface area contributed by atoms with Crippen LogP contribution in [-0.4, -0.2) is 42.7 Å². The Morgan fingerprint density at radius 3 is 2.67 bits per heavy atom. The van der Waals surface area contributed by atoms with Crippen molar-refractivity contribution in [3.05, 3.63) is 34.6 Å². The van der Waals surface area contributed by atoms with Crippen molar-refractivity contribution in [1.82, 2.24) is 10.2 Å². The number of fused-ring (bicyclic) bond motifs is 5. The molecule has 1 aromatic rings. The van der Waals surface area contributed by atoms with E-state index in [1.54, 1.807) is 12.1 Å². The Morgan fingerprint density at radius 1 is 1.33 bits per heavy atom. The molecule has 0 saturated carbocycles. The number of rotatable bonds is 3. The molecule has 3 saturated heterocycles. The van der Waals surface area contributed by atoms with Crippen LogP contribution in [0.25, 0.3) is 0 Å². The molecule has 4 unspecified atom stereocenters. The highest BCUT2D eigenvalue weighted by Crippen LogP contribution is 2.47. The van der Waals surface area contributed by atoms with Crippen molar-refractivity contribution in [3.8, 4) is 0 Å². The molecule has 24 heavy (non-hydrogen) atoms. The molecule has 1 aromatic carbocycles. The molecule has 130 valence electrons. The summed E-state index contributed by atoms with van der Waals surface area (Å²) < 4.78 is 20.0. The van der Waals surface area contributed by atoms with Crippen molar-refractivity contribution in [2.24, 2.45) is 16.8 Å². The fourth-order valence-corrected chi connectivity index (χ4v) is 4.62. The molecule has 6 heteroatoms. The summed E-state index contributed by atoms with van der Waals surface area (Å²) in [6, 6.07) is 4.75. The van der Waals surface area contributed by atoms with Crippen molar-refractivity contribution < 1.29 is 9.13 Å². The molecule has 3 aliphatic rings. The highest BCUT2D eigenvalue weighted by molar-refractivity contribution is 6.31. The first-order valence-electron chi connectivity index (χ1n) is 8.79. The van der Waals surface area contributed by atoms with Crippen LogP contribution in [0.5, 0.6) is 0 Å². The zero-order valence-electron chi connectivity index (χ0n) is 13.8. The highest BCUT2D eigenvalue weighted by atomic mass is 35.5. The molecule has 0 amide bonds. The standard InChI is InChI=1S/C18H23ClFN3O/c1-2-21-18(22-8-11-14(19)4-3-5-15(11)20)23-9-12-13(10-23)17-7-6-16(12)24-17/h3-5,12-13,16-17H,2,6-10H2,1H3,(H,21,22). The normalized spacial score (nSPS) is 31.6. The van der Waals surface area contributed by atoms with Crippen molar-refractivity contribution in [1.29, 1.82) is 0 Å². The minimum Gasteiger partial charge on any atom is -0.374 e. The van der Waals surface area contributed by atoms with E-state index in [1.165, 1.54) is 18.9 Å². The van der Waals surface area contributed by atoms with Crippen LogP contribution in [0.15, 0.2) is 23.2 Å². The molecular formula is C18H23ClFN3O. The Hall–Kier alpha value is -1.33. The van der Waals surface area contributed by atoms with Gasteiger partial charge in [0.15, 0.2) is 5.96 Å². The number of guanidine groups is 1. The molecule has 3 heterocycles. The van der Waals surface area contributed by atoms with E-state index < -0.39 is 0 Å². The first-order chi connectivity index (χ1) is 11.7.